The molecule has 226 valence electrons. The van der Waals surface area contributed by atoms with Crippen LogP contribution in [0.25, 0.3) is 60.5 Å². The zero-order valence-electron chi connectivity index (χ0n) is 26.4. The zero-order chi connectivity index (χ0) is 31.9. The molecule has 9 rings (SSSR count). The molecule has 0 atom stereocenters. The lowest BCUT2D eigenvalue weighted by Gasteiger charge is -2.27. The number of nitrogens with zero attached hydrogens (tertiary/aromatic N) is 2. The van der Waals surface area contributed by atoms with Crippen molar-refractivity contribution >= 4 is 49.6 Å². The molecule has 0 fully saturated rings. The average Bonchev–Trinajstić information content (AvgIpc) is 3.51. The minimum atomic E-state index is 1.11. The molecule has 1 aromatic heterocycles. The second-order valence-electron chi connectivity index (χ2n) is 12.2. The summed E-state index contributed by atoms with van der Waals surface area (Å²) in [4.78, 5) is 2.40. The maximum absolute atomic E-state index is 2.40. The maximum atomic E-state index is 2.40. The van der Waals surface area contributed by atoms with Crippen LogP contribution in [0, 0.1) is 0 Å². The van der Waals surface area contributed by atoms with Crippen molar-refractivity contribution in [2.24, 2.45) is 0 Å². The molecule has 0 radical (unpaired) electrons. The second-order valence-corrected chi connectivity index (χ2v) is 12.2. The number of hydrogen-bond acceptors (Lipinski definition) is 1. The van der Waals surface area contributed by atoms with Gasteiger partial charge in [0.25, 0.3) is 0 Å². The summed E-state index contributed by atoms with van der Waals surface area (Å²) in [5.41, 5.74) is 11.8. The first-order chi connectivity index (χ1) is 23.8. The summed E-state index contributed by atoms with van der Waals surface area (Å²) < 4.78 is 2.38. The van der Waals surface area contributed by atoms with Crippen LogP contribution < -0.4 is 4.90 Å². The monoisotopic (exact) mass is 612 g/mol. The Morgan fingerprint density at radius 3 is 1.81 bits per heavy atom. The quantitative estimate of drug-likeness (QED) is 0.181. The average molecular weight is 613 g/mol. The van der Waals surface area contributed by atoms with Crippen LogP contribution in [0.2, 0.25) is 0 Å². The van der Waals surface area contributed by atoms with Gasteiger partial charge in [0.1, 0.15) is 0 Å². The van der Waals surface area contributed by atoms with Crippen LogP contribution in [0.1, 0.15) is 0 Å². The summed E-state index contributed by atoms with van der Waals surface area (Å²) in [5.74, 6) is 0. The third-order valence-electron chi connectivity index (χ3n) is 9.37. The van der Waals surface area contributed by atoms with Crippen molar-refractivity contribution in [2.45, 2.75) is 0 Å². The van der Waals surface area contributed by atoms with Crippen molar-refractivity contribution in [2.75, 3.05) is 4.90 Å². The lowest BCUT2D eigenvalue weighted by Crippen LogP contribution is -2.10. The molecule has 48 heavy (non-hydrogen) atoms. The Balaban J connectivity index is 1.24. The molecule has 9 aromatic rings. The summed E-state index contributed by atoms with van der Waals surface area (Å²) in [6.45, 7) is 0. The van der Waals surface area contributed by atoms with Crippen LogP contribution in [-0.4, -0.2) is 4.57 Å². The van der Waals surface area contributed by atoms with Gasteiger partial charge >= 0.3 is 0 Å². The van der Waals surface area contributed by atoms with E-state index in [2.05, 4.69) is 204 Å². The van der Waals surface area contributed by atoms with E-state index in [1.165, 1.54) is 54.8 Å². The Morgan fingerprint density at radius 2 is 0.979 bits per heavy atom. The summed E-state index contributed by atoms with van der Waals surface area (Å²) >= 11 is 0. The first kappa shape index (κ1) is 27.9. The van der Waals surface area contributed by atoms with Crippen molar-refractivity contribution in [1.82, 2.24) is 4.57 Å². The fraction of sp³-hybridized carbons (Fsp3) is 0. The van der Waals surface area contributed by atoms with E-state index in [0.717, 1.165) is 22.7 Å². The molecule has 2 heteroatoms. The molecule has 0 aliphatic carbocycles. The number of benzene rings is 8. The molecule has 1 heterocycles. The SMILES string of the molecule is c1ccc(-c2ccc(N(c3cccc(-c4cccc5c4c4ccccc4n5-c4ccccc4)c3)c3cccc4ccccc34)cc2)cc1. The molecule has 8 aromatic carbocycles. The Morgan fingerprint density at radius 1 is 0.375 bits per heavy atom. The van der Waals surface area contributed by atoms with E-state index in [-0.39, 0.29) is 0 Å². The molecule has 0 saturated heterocycles. The van der Waals surface area contributed by atoms with Gasteiger partial charge in [-0.2, -0.15) is 0 Å². The predicted octanol–water partition coefficient (Wildman–Crippen LogP) is 12.7. The zero-order valence-corrected chi connectivity index (χ0v) is 26.4. The second kappa shape index (κ2) is 11.8. The summed E-state index contributed by atoms with van der Waals surface area (Å²) in [6.07, 6.45) is 0. The number of rotatable bonds is 6. The van der Waals surface area contributed by atoms with E-state index in [1.807, 2.05) is 0 Å². The van der Waals surface area contributed by atoms with Crippen LogP contribution in [-0.2, 0) is 0 Å². The molecule has 0 spiro atoms. The molecule has 0 bridgehead atoms. The normalized spacial score (nSPS) is 11.3. The van der Waals surface area contributed by atoms with E-state index >= 15 is 0 Å². The molecular weight excluding hydrogens is 581 g/mol. The van der Waals surface area contributed by atoms with Gasteiger partial charge in [0.2, 0.25) is 0 Å². The van der Waals surface area contributed by atoms with Crippen LogP contribution >= 0.6 is 0 Å². The van der Waals surface area contributed by atoms with Crippen molar-refractivity contribution < 1.29 is 0 Å². The Hall–Kier alpha value is -6.38. The number of aromatic nitrogens is 1. The highest BCUT2D eigenvalue weighted by Gasteiger charge is 2.19. The number of anilines is 3. The molecule has 0 aliphatic rings. The van der Waals surface area contributed by atoms with Gasteiger partial charge in [0.05, 0.1) is 16.7 Å². The Bertz CT molecular complexity index is 2540. The van der Waals surface area contributed by atoms with Crippen LogP contribution in [0.15, 0.2) is 194 Å². The van der Waals surface area contributed by atoms with Crippen molar-refractivity contribution in [3.63, 3.8) is 0 Å². The van der Waals surface area contributed by atoms with Gasteiger partial charge in [-0.15, -0.1) is 0 Å². The van der Waals surface area contributed by atoms with Crippen molar-refractivity contribution in [3.8, 4) is 27.9 Å². The molecule has 0 unspecified atom stereocenters. The number of fused-ring (bicyclic) bond motifs is 4. The molecule has 0 amide bonds. The standard InChI is InChI=1S/C46H32N2/c1-3-14-33(15-4-1)34-28-30-38(31-29-34)47(43-26-12-17-35-16-7-8-22-40(35)43)39-21-11-18-36(32-39)41-24-13-27-45-46(41)42-23-9-10-25-44(42)48(45)37-19-5-2-6-20-37/h1-32H. The van der Waals surface area contributed by atoms with E-state index in [9.17, 15) is 0 Å². The molecule has 0 N–H and O–H groups in total. The topological polar surface area (TPSA) is 8.17 Å². The highest BCUT2D eigenvalue weighted by molar-refractivity contribution is 6.16. The minimum absolute atomic E-state index is 1.11. The van der Waals surface area contributed by atoms with E-state index in [1.54, 1.807) is 0 Å². The lowest BCUT2D eigenvalue weighted by molar-refractivity contribution is 1.18. The van der Waals surface area contributed by atoms with Gasteiger partial charge in [0.15, 0.2) is 0 Å². The van der Waals surface area contributed by atoms with Gasteiger partial charge in [-0.1, -0.05) is 140 Å². The summed E-state index contributed by atoms with van der Waals surface area (Å²) in [5, 5.41) is 4.94. The van der Waals surface area contributed by atoms with Crippen LogP contribution in [0.4, 0.5) is 17.1 Å². The maximum Gasteiger partial charge on any atom is 0.0547 e. The highest BCUT2D eigenvalue weighted by Crippen LogP contribution is 2.43. The Kier molecular flexibility index (Phi) is 6.84. The van der Waals surface area contributed by atoms with E-state index in [4.69, 9.17) is 0 Å². The number of hydrogen-bond donors (Lipinski definition) is 0. The Labute approximate surface area is 280 Å². The van der Waals surface area contributed by atoms with Gasteiger partial charge in [-0.25, -0.2) is 0 Å². The van der Waals surface area contributed by atoms with Gasteiger partial charge in [0, 0.05) is 33.2 Å². The summed E-state index contributed by atoms with van der Waals surface area (Å²) in [7, 11) is 0. The fourth-order valence-electron chi connectivity index (χ4n) is 7.19. The van der Waals surface area contributed by atoms with Gasteiger partial charge in [-0.05, 0) is 82.2 Å². The fourth-order valence-corrected chi connectivity index (χ4v) is 7.19. The molecular formula is C46H32N2. The van der Waals surface area contributed by atoms with E-state index < -0.39 is 0 Å². The first-order valence-corrected chi connectivity index (χ1v) is 16.4. The van der Waals surface area contributed by atoms with Gasteiger partial charge < -0.3 is 9.47 Å². The van der Waals surface area contributed by atoms with Crippen LogP contribution in [0.5, 0.6) is 0 Å². The lowest BCUT2D eigenvalue weighted by atomic mass is 9.98. The smallest absolute Gasteiger partial charge is 0.0547 e. The highest BCUT2D eigenvalue weighted by atomic mass is 15.1. The number of para-hydroxylation sites is 2. The molecule has 2 nitrogen and oxygen atoms in total. The minimum Gasteiger partial charge on any atom is -0.310 e. The van der Waals surface area contributed by atoms with Crippen molar-refractivity contribution in [3.05, 3.63) is 194 Å². The third kappa shape index (κ3) is 4.74. The van der Waals surface area contributed by atoms with E-state index in [0.29, 0.717) is 0 Å². The largest absolute Gasteiger partial charge is 0.310 e. The van der Waals surface area contributed by atoms with Crippen LogP contribution in [0.3, 0.4) is 0 Å². The summed E-state index contributed by atoms with van der Waals surface area (Å²) in [6, 6.07) is 69.8. The van der Waals surface area contributed by atoms with Gasteiger partial charge in [-0.3, -0.25) is 0 Å². The first-order valence-electron chi connectivity index (χ1n) is 16.4. The molecule has 0 saturated carbocycles. The predicted molar refractivity (Wildman–Crippen MR) is 204 cm³/mol. The molecule has 0 aliphatic heterocycles. The van der Waals surface area contributed by atoms with Crippen molar-refractivity contribution in [1.29, 1.82) is 0 Å². The third-order valence-corrected chi connectivity index (χ3v) is 9.37.